The molecule has 0 radical (unpaired) electrons. The summed E-state index contributed by atoms with van der Waals surface area (Å²) in [5.74, 6) is -0.213. The average molecular weight is 225 g/mol. The molecular weight excluding hydrogens is 209 g/mol. The molecule has 0 saturated heterocycles. The number of rotatable bonds is 2. The molecule has 1 aromatic carbocycles. The van der Waals surface area contributed by atoms with Gasteiger partial charge >= 0.3 is 0 Å². The first-order valence-electron chi connectivity index (χ1n) is 4.87. The number of hydrogen-bond donors (Lipinski definition) is 0. The third-order valence-electron chi connectivity index (χ3n) is 1.72. The highest BCUT2D eigenvalue weighted by atomic mass is 32.2. The lowest BCUT2D eigenvalue weighted by atomic mass is 10.1. The fraction of sp³-hybridized carbons (Fsp3) is 0.417. The van der Waals surface area contributed by atoms with Crippen LogP contribution in [0.5, 0.6) is 0 Å². The van der Waals surface area contributed by atoms with E-state index in [9.17, 15) is 4.39 Å². The van der Waals surface area contributed by atoms with Crippen molar-refractivity contribution in [2.75, 3.05) is 0 Å². The normalized spacial score (nSPS) is 13.0. The van der Waals surface area contributed by atoms with Gasteiger partial charge in [-0.15, -0.1) is 0 Å². The lowest BCUT2D eigenvalue weighted by Gasteiger charge is -2.13. The summed E-state index contributed by atoms with van der Waals surface area (Å²) in [5.41, 5.74) is 1.89. The third-order valence-corrected chi connectivity index (χ3v) is 2.63. The van der Waals surface area contributed by atoms with Crippen molar-refractivity contribution in [1.82, 2.24) is 0 Å². The predicted molar refractivity (Wildman–Crippen MR) is 66.0 cm³/mol. The van der Waals surface area contributed by atoms with Crippen LogP contribution >= 0.6 is 11.9 Å². The summed E-state index contributed by atoms with van der Waals surface area (Å²) < 4.78 is 17.2. The number of hydrogen-bond acceptors (Lipinski definition) is 2. The van der Waals surface area contributed by atoms with E-state index in [1.54, 1.807) is 12.1 Å². The number of nitrogens with zero attached hydrogens (tertiary/aromatic N) is 1. The molecule has 0 heterocycles. The largest absolute Gasteiger partial charge is 0.220 e. The molecule has 15 heavy (non-hydrogen) atoms. The maximum atomic E-state index is 12.7. The molecule has 0 bridgehead atoms. The van der Waals surface area contributed by atoms with Crippen LogP contribution < -0.4 is 0 Å². The van der Waals surface area contributed by atoms with Crippen LogP contribution in [0.2, 0.25) is 0 Å². The number of halogens is 1. The van der Waals surface area contributed by atoms with Crippen LogP contribution in [-0.2, 0) is 0 Å². The van der Waals surface area contributed by atoms with Crippen molar-refractivity contribution in [2.24, 2.45) is 4.40 Å². The summed E-state index contributed by atoms with van der Waals surface area (Å²) in [6.45, 7) is 8.27. The Labute approximate surface area is 94.9 Å². The van der Waals surface area contributed by atoms with Gasteiger partial charge in [0.1, 0.15) is 5.82 Å². The van der Waals surface area contributed by atoms with Crippen molar-refractivity contribution in [1.29, 1.82) is 0 Å². The van der Waals surface area contributed by atoms with Crippen LogP contribution in [0, 0.1) is 5.82 Å². The highest BCUT2D eigenvalue weighted by Crippen LogP contribution is 2.25. The molecule has 82 valence electrons. The van der Waals surface area contributed by atoms with Gasteiger partial charge in [0.15, 0.2) is 0 Å². The minimum atomic E-state index is -0.213. The van der Waals surface area contributed by atoms with E-state index in [0.29, 0.717) is 0 Å². The van der Waals surface area contributed by atoms with Gasteiger partial charge in [-0.05, 0) is 57.3 Å². The summed E-state index contributed by atoms with van der Waals surface area (Å²) in [7, 11) is 0. The zero-order valence-corrected chi connectivity index (χ0v) is 10.4. The van der Waals surface area contributed by atoms with Crippen LogP contribution in [0.3, 0.4) is 0 Å². The summed E-state index contributed by atoms with van der Waals surface area (Å²) >= 11 is 1.53. The Morgan fingerprint density at radius 1 is 1.20 bits per heavy atom. The Kier molecular flexibility index (Phi) is 3.91. The molecule has 0 aromatic heterocycles. The summed E-state index contributed by atoms with van der Waals surface area (Å²) in [5, 5.41) is 0. The zero-order valence-electron chi connectivity index (χ0n) is 9.54. The van der Waals surface area contributed by atoms with Gasteiger partial charge < -0.3 is 0 Å². The highest BCUT2D eigenvalue weighted by Gasteiger charge is 2.10. The maximum absolute atomic E-state index is 12.7. The second kappa shape index (κ2) is 4.79. The molecule has 0 aliphatic carbocycles. The van der Waals surface area contributed by atoms with Gasteiger partial charge in [-0.2, -0.15) is 0 Å². The molecule has 0 saturated carbocycles. The first-order valence-corrected chi connectivity index (χ1v) is 5.64. The topological polar surface area (TPSA) is 12.4 Å². The van der Waals surface area contributed by atoms with E-state index in [1.807, 2.05) is 6.92 Å². The molecule has 0 spiro atoms. The van der Waals surface area contributed by atoms with Gasteiger partial charge in [-0.3, -0.25) is 0 Å². The van der Waals surface area contributed by atoms with Crippen LogP contribution in [0.25, 0.3) is 0 Å². The molecule has 1 aromatic rings. The van der Waals surface area contributed by atoms with Crippen LogP contribution in [0.1, 0.15) is 33.3 Å². The van der Waals surface area contributed by atoms with Crippen molar-refractivity contribution in [3.63, 3.8) is 0 Å². The molecule has 0 fully saturated rings. The van der Waals surface area contributed by atoms with E-state index in [0.717, 1.165) is 11.3 Å². The van der Waals surface area contributed by atoms with Gasteiger partial charge in [-0.25, -0.2) is 8.79 Å². The fourth-order valence-corrected chi connectivity index (χ4v) is 1.47. The molecule has 0 atom stereocenters. The van der Waals surface area contributed by atoms with Gasteiger partial charge in [0.2, 0.25) is 0 Å². The average Bonchev–Trinajstić information content (AvgIpc) is 2.14. The van der Waals surface area contributed by atoms with E-state index in [1.165, 1.54) is 24.1 Å². The Morgan fingerprint density at radius 2 is 1.73 bits per heavy atom. The quantitative estimate of drug-likeness (QED) is 0.545. The van der Waals surface area contributed by atoms with E-state index >= 15 is 0 Å². The Bertz CT molecular complexity index is 349. The molecule has 0 amide bonds. The number of benzene rings is 1. The Balaban J connectivity index is 2.76. The third kappa shape index (κ3) is 4.47. The van der Waals surface area contributed by atoms with E-state index in [2.05, 4.69) is 25.2 Å². The van der Waals surface area contributed by atoms with Crippen molar-refractivity contribution in [2.45, 2.75) is 32.4 Å². The summed E-state index contributed by atoms with van der Waals surface area (Å²) in [6.07, 6.45) is 0. The molecular formula is C12H16FNS. The van der Waals surface area contributed by atoms with Gasteiger partial charge in [-0.1, -0.05) is 12.1 Å². The Hall–Kier alpha value is -0.830. The van der Waals surface area contributed by atoms with Gasteiger partial charge in [0.05, 0.1) is 5.71 Å². The van der Waals surface area contributed by atoms with E-state index in [-0.39, 0.29) is 10.6 Å². The SMILES string of the molecule is CC(=NSC(C)(C)C)c1ccc(F)cc1. The smallest absolute Gasteiger partial charge is 0.123 e. The van der Waals surface area contributed by atoms with Crippen molar-refractivity contribution >= 4 is 17.7 Å². The summed E-state index contributed by atoms with van der Waals surface area (Å²) in [4.78, 5) is 0. The zero-order chi connectivity index (χ0) is 11.5. The minimum Gasteiger partial charge on any atom is -0.220 e. The lowest BCUT2D eigenvalue weighted by Crippen LogP contribution is -2.06. The molecule has 0 aliphatic rings. The second-order valence-electron chi connectivity index (χ2n) is 4.39. The molecule has 0 aliphatic heterocycles. The first-order chi connectivity index (χ1) is 6.88. The van der Waals surface area contributed by atoms with Crippen LogP contribution in [-0.4, -0.2) is 10.5 Å². The van der Waals surface area contributed by atoms with Gasteiger partial charge in [0.25, 0.3) is 0 Å². The summed E-state index contributed by atoms with van der Waals surface area (Å²) in [6, 6.07) is 6.40. The molecule has 3 heteroatoms. The lowest BCUT2D eigenvalue weighted by molar-refractivity contribution is 0.628. The second-order valence-corrected chi connectivity index (χ2v) is 5.98. The minimum absolute atomic E-state index is 0.112. The van der Waals surface area contributed by atoms with Crippen molar-refractivity contribution < 1.29 is 4.39 Å². The van der Waals surface area contributed by atoms with E-state index in [4.69, 9.17) is 0 Å². The fourth-order valence-electron chi connectivity index (χ4n) is 0.949. The van der Waals surface area contributed by atoms with Gasteiger partial charge in [0, 0.05) is 4.75 Å². The van der Waals surface area contributed by atoms with E-state index < -0.39 is 0 Å². The molecule has 1 nitrogen and oxygen atoms in total. The highest BCUT2D eigenvalue weighted by molar-refractivity contribution is 7.99. The standard InChI is InChI=1S/C12H16FNS/c1-9(14-15-12(2,3)4)10-5-7-11(13)8-6-10/h5-8H,1-4H3. The monoisotopic (exact) mass is 225 g/mol. The first kappa shape index (κ1) is 12.2. The van der Waals surface area contributed by atoms with Crippen molar-refractivity contribution in [3.05, 3.63) is 35.6 Å². The van der Waals surface area contributed by atoms with Crippen LogP contribution in [0.4, 0.5) is 4.39 Å². The molecule has 0 N–H and O–H groups in total. The maximum Gasteiger partial charge on any atom is 0.123 e. The van der Waals surface area contributed by atoms with Crippen molar-refractivity contribution in [3.8, 4) is 0 Å². The Morgan fingerprint density at radius 3 is 2.20 bits per heavy atom. The molecule has 0 unspecified atom stereocenters. The molecule has 1 rings (SSSR count). The predicted octanol–water partition coefficient (Wildman–Crippen LogP) is 4.08. The van der Waals surface area contributed by atoms with Crippen LogP contribution in [0.15, 0.2) is 28.7 Å².